The highest BCUT2D eigenvalue weighted by Crippen LogP contribution is 2.36. The van der Waals surface area contributed by atoms with Gasteiger partial charge in [0, 0.05) is 25.2 Å². The zero-order valence-electron chi connectivity index (χ0n) is 12.6. The first-order valence-corrected chi connectivity index (χ1v) is 7.86. The van der Waals surface area contributed by atoms with E-state index < -0.39 is 0 Å². The van der Waals surface area contributed by atoms with Gasteiger partial charge in [-0.25, -0.2) is 0 Å². The van der Waals surface area contributed by atoms with Crippen LogP contribution in [0.25, 0.3) is 0 Å². The first kappa shape index (κ1) is 14.1. The molecule has 1 saturated heterocycles. The number of hydrogen-bond donors (Lipinski definition) is 1. The number of fused-ring (bicyclic) bond motifs is 1. The number of rotatable bonds is 3. The predicted octanol–water partition coefficient (Wildman–Crippen LogP) is 2.56. The van der Waals surface area contributed by atoms with Crippen molar-refractivity contribution in [2.24, 2.45) is 5.73 Å². The van der Waals surface area contributed by atoms with Crippen molar-refractivity contribution in [2.45, 2.75) is 51.3 Å². The van der Waals surface area contributed by atoms with Crippen LogP contribution in [0.1, 0.15) is 42.0 Å². The zero-order chi connectivity index (χ0) is 14.1. The molecular formula is C17H26N2O. The Morgan fingerprint density at radius 3 is 2.75 bits per heavy atom. The molecule has 1 aromatic carbocycles. The first-order chi connectivity index (χ1) is 9.72. The van der Waals surface area contributed by atoms with Crippen LogP contribution in [-0.4, -0.2) is 36.7 Å². The Labute approximate surface area is 122 Å². The number of benzene rings is 1. The molecule has 3 nitrogen and oxygen atoms in total. The summed E-state index contributed by atoms with van der Waals surface area (Å²) in [4.78, 5) is 2.62. The standard InChI is InChI=1S/C17H26N2O/c1-12-5-3-6-13(2)17(12)15(11-18)19-9-10-20-16-8-4-7-14(16)19/h3,5-6,14-16H,4,7-11,18H2,1-2H3. The van der Waals surface area contributed by atoms with E-state index in [-0.39, 0.29) is 0 Å². The molecule has 3 unspecified atom stereocenters. The third-order valence-electron chi connectivity index (χ3n) is 5.02. The Morgan fingerprint density at radius 2 is 2.05 bits per heavy atom. The van der Waals surface area contributed by atoms with Crippen LogP contribution in [0, 0.1) is 13.8 Å². The molecule has 1 aliphatic heterocycles. The molecule has 0 aromatic heterocycles. The summed E-state index contributed by atoms with van der Waals surface area (Å²) in [5, 5.41) is 0. The second kappa shape index (κ2) is 5.84. The Bertz CT molecular complexity index is 454. The average Bonchev–Trinajstić information content (AvgIpc) is 2.91. The lowest BCUT2D eigenvalue weighted by atomic mass is 9.93. The molecule has 1 aromatic rings. The highest BCUT2D eigenvalue weighted by molar-refractivity contribution is 5.36. The maximum Gasteiger partial charge on any atom is 0.0731 e. The van der Waals surface area contributed by atoms with E-state index in [2.05, 4.69) is 36.9 Å². The lowest BCUT2D eigenvalue weighted by molar-refractivity contribution is -0.0713. The Balaban J connectivity index is 1.93. The Kier molecular flexibility index (Phi) is 4.11. The number of ether oxygens (including phenoxy) is 1. The number of nitrogens with zero attached hydrogens (tertiary/aromatic N) is 1. The summed E-state index contributed by atoms with van der Waals surface area (Å²) < 4.78 is 5.94. The van der Waals surface area contributed by atoms with Crippen molar-refractivity contribution in [1.82, 2.24) is 4.90 Å². The fourth-order valence-electron chi connectivity index (χ4n) is 4.11. The summed E-state index contributed by atoms with van der Waals surface area (Å²) in [6.07, 6.45) is 4.19. The van der Waals surface area contributed by atoms with Crippen LogP contribution in [0.5, 0.6) is 0 Å². The molecule has 20 heavy (non-hydrogen) atoms. The van der Waals surface area contributed by atoms with Gasteiger partial charge in [0.05, 0.1) is 12.7 Å². The van der Waals surface area contributed by atoms with Gasteiger partial charge in [-0.05, 0) is 49.8 Å². The minimum absolute atomic E-state index is 0.339. The molecule has 3 rings (SSSR count). The van der Waals surface area contributed by atoms with Crippen LogP contribution in [-0.2, 0) is 4.74 Å². The number of aryl methyl sites for hydroxylation is 2. The lowest BCUT2D eigenvalue weighted by Crippen LogP contribution is -2.51. The average molecular weight is 274 g/mol. The maximum atomic E-state index is 6.17. The van der Waals surface area contributed by atoms with Crippen molar-refractivity contribution in [2.75, 3.05) is 19.7 Å². The van der Waals surface area contributed by atoms with Gasteiger partial charge in [-0.1, -0.05) is 18.2 Å². The topological polar surface area (TPSA) is 38.5 Å². The highest BCUT2D eigenvalue weighted by atomic mass is 16.5. The lowest BCUT2D eigenvalue weighted by Gasteiger charge is -2.43. The predicted molar refractivity (Wildman–Crippen MR) is 81.8 cm³/mol. The van der Waals surface area contributed by atoms with Gasteiger partial charge in [0.15, 0.2) is 0 Å². The van der Waals surface area contributed by atoms with Crippen molar-refractivity contribution in [3.8, 4) is 0 Å². The Hall–Kier alpha value is -0.900. The van der Waals surface area contributed by atoms with Crippen molar-refractivity contribution < 1.29 is 4.74 Å². The fraction of sp³-hybridized carbons (Fsp3) is 0.647. The smallest absolute Gasteiger partial charge is 0.0731 e. The van der Waals surface area contributed by atoms with Crippen LogP contribution < -0.4 is 5.73 Å². The molecule has 110 valence electrons. The van der Waals surface area contributed by atoms with E-state index in [0.29, 0.717) is 24.7 Å². The van der Waals surface area contributed by atoms with Crippen molar-refractivity contribution in [3.63, 3.8) is 0 Å². The van der Waals surface area contributed by atoms with E-state index in [0.717, 1.165) is 13.2 Å². The zero-order valence-corrected chi connectivity index (χ0v) is 12.6. The Morgan fingerprint density at radius 1 is 1.30 bits per heavy atom. The minimum atomic E-state index is 0.339. The van der Waals surface area contributed by atoms with E-state index in [9.17, 15) is 0 Å². The van der Waals surface area contributed by atoms with Gasteiger partial charge < -0.3 is 10.5 Å². The second-order valence-corrected chi connectivity index (χ2v) is 6.20. The highest BCUT2D eigenvalue weighted by Gasteiger charge is 2.39. The van der Waals surface area contributed by atoms with Gasteiger partial charge >= 0.3 is 0 Å². The summed E-state index contributed by atoms with van der Waals surface area (Å²) >= 11 is 0. The third kappa shape index (κ3) is 2.39. The SMILES string of the molecule is Cc1cccc(C)c1C(CN)N1CCOC2CCCC21. The van der Waals surface area contributed by atoms with Crippen LogP contribution in [0.3, 0.4) is 0 Å². The quantitative estimate of drug-likeness (QED) is 0.920. The summed E-state index contributed by atoms with van der Waals surface area (Å²) in [6.45, 7) is 6.96. The van der Waals surface area contributed by atoms with Crippen LogP contribution >= 0.6 is 0 Å². The molecule has 2 aliphatic rings. The second-order valence-electron chi connectivity index (χ2n) is 6.20. The monoisotopic (exact) mass is 274 g/mol. The van der Waals surface area contributed by atoms with Crippen molar-refractivity contribution in [3.05, 3.63) is 34.9 Å². The van der Waals surface area contributed by atoms with E-state index in [1.54, 1.807) is 0 Å². The molecular weight excluding hydrogens is 248 g/mol. The number of nitrogens with two attached hydrogens (primary N) is 1. The van der Waals surface area contributed by atoms with E-state index >= 15 is 0 Å². The van der Waals surface area contributed by atoms with E-state index in [4.69, 9.17) is 10.5 Å². The van der Waals surface area contributed by atoms with Crippen molar-refractivity contribution >= 4 is 0 Å². The first-order valence-electron chi connectivity index (χ1n) is 7.86. The largest absolute Gasteiger partial charge is 0.375 e. The summed E-state index contributed by atoms with van der Waals surface area (Å²) in [5.74, 6) is 0. The normalized spacial score (nSPS) is 28.4. The van der Waals surface area contributed by atoms with Gasteiger partial charge in [-0.2, -0.15) is 0 Å². The van der Waals surface area contributed by atoms with E-state index in [1.807, 2.05) is 0 Å². The van der Waals surface area contributed by atoms with Crippen LogP contribution in [0.15, 0.2) is 18.2 Å². The molecule has 1 aliphatic carbocycles. The molecule has 3 heteroatoms. The summed E-state index contributed by atoms with van der Waals surface area (Å²) in [6, 6.07) is 7.45. The number of morpholine rings is 1. The maximum absolute atomic E-state index is 6.17. The third-order valence-corrected chi connectivity index (χ3v) is 5.02. The summed E-state index contributed by atoms with van der Waals surface area (Å²) in [7, 11) is 0. The number of hydrogen-bond acceptors (Lipinski definition) is 3. The molecule has 2 fully saturated rings. The fourth-order valence-corrected chi connectivity index (χ4v) is 4.11. The molecule has 1 heterocycles. The molecule has 2 N–H and O–H groups in total. The minimum Gasteiger partial charge on any atom is -0.375 e. The molecule has 0 amide bonds. The van der Waals surface area contributed by atoms with Gasteiger partial charge in [0.1, 0.15) is 0 Å². The van der Waals surface area contributed by atoms with E-state index in [1.165, 1.54) is 36.0 Å². The van der Waals surface area contributed by atoms with Gasteiger partial charge in [-0.15, -0.1) is 0 Å². The molecule has 1 saturated carbocycles. The molecule has 0 spiro atoms. The molecule has 0 bridgehead atoms. The van der Waals surface area contributed by atoms with Gasteiger partial charge in [-0.3, -0.25) is 4.90 Å². The van der Waals surface area contributed by atoms with Crippen LogP contribution in [0.2, 0.25) is 0 Å². The molecule has 0 radical (unpaired) electrons. The van der Waals surface area contributed by atoms with Crippen LogP contribution in [0.4, 0.5) is 0 Å². The van der Waals surface area contributed by atoms with Gasteiger partial charge in [0.2, 0.25) is 0 Å². The summed E-state index contributed by atoms with van der Waals surface area (Å²) in [5.41, 5.74) is 10.3. The molecule has 3 atom stereocenters. The van der Waals surface area contributed by atoms with Gasteiger partial charge in [0.25, 0.3) is 0 Å². The van der Waals surface area contributed by atoms with Crippen molar-refractivity contribution in [1.29, 1.82) is 0 Å².